The van der Waals surface area contributed by atoms with Gasteiger partial charge in [-0.25, -0.2) is 17.9 Å². The Morgan fingerprint density at radius 1 is 0.889 bits per heavy atom. The normalized spacial score (nSPS) is 13.9. The van der Waals surface area contributed by atoms with Crippen LogP contribution < -0.4 is 9.88 Å². The van der Waals surface area contributed by atoms with E-state index in [-0.39, 0.29) is 10.7 Å². The van der Waals surface area contributed by atoms with Gasteiger partial charge in [0.25, 0.3) is 0 Å². The van der Waals surface area contributed by atoms with Crippen LogP contribution >= 0.6 is 0 Å². The van der Waals surface area contributed by atoms with Crippen molar-refractivity contribution >= 4 is 21.4 Å². The molecule has 2 N–H and O–H groups in total. The molecule has 0 atom stereocenters. The molecule has 0 amide bonds. The molecule has 0 aliphatic carbocycles. The third kappa shape index (κ3) is 3.37. The van der Waals surface area contributed by atoms with Crippen LogP contribution in [0.4, 0.5) is 4.39 Å². The van der Waals surface area contributed by atoms with Crippen LogP contribution in [0.5, 0.6) is 5.75 Å². The number of hydrogen-bond donors (Lipinski definition) is 1. The lowest BCUT2D eigenvalue weighted by Crippen LogP contribution is -2.13. The molecule has 4 nitrogen and oxygen atoms in total. The number of fused-ring (bicyclic) bond motifs is 1. The maximum absolute atomic E-state index is 14.5. The Labute approximate surface area is 156 Å². The lowest BCUT2D eigenvalue weighted by atomic mass is 9.92. The molecule has 0 spiro atoms. The molecule has 3 aromatic rings. The van der Waals surface area contributed by atoms with Crippen molar-refractivity contribution in [1.82, 2.24) is 0 Å². The van der Waals surface area contributed by atoms with Gasteiger partial charge in [-0.1, -0.05) is 36.4 Å². The Balaban J connectivity index is 1.88. The third-order valence-electron chi connectivity index (χ3n) is 4.47. The summed E-state index contributed by atoms with van der Waals surface area (Å²) in [4.78, 5) is 0.00972. The van der Waals surface area contributed by atoms with E-state index < -0.39 is 10.0 Å². The second kappa shape index (κ2) is 6.64. The number of halogens is 1. The zero-order chi connectivity index (χ0) is 19.0. The molecule has 6 heteroatoms. The number of para-hydroxylation sites is 1. The van der Waals surface area contributed by atoms with Crippen LogP contribution in [0.25, 0.3) is 11.3 Å². The number of primary sulfonamides is 1. The molecule has 27 heavy (non-hydrogen) atoms. The summed E-state index contributed by atoms with van der Waals surface area (Å²) in [5, 5.41) is 5.17. The summed E-state index contributed by atoms with van der Waals surface area (Å²) in [6.45, 7) is 0. The molecule has 3 aromatic carbocycles. The first-order valence-corrected chi connectivity index (χ1v) is 9.85. The topological polar surface area (TPSA) is 69.4 Å². The minimum atomic E-state index is -3.79. The minimum absolute atomic E-state index is 0.00972. The van der Waals surface area contributed by atoms with Gasteiger partial charge in [0.15, 0.2) is 0 Å². The minimum Gasteiger partial charge on any atom is -0.456 e. The van der Waals surface area contributed by atoms with Crippen molar-refractivity contribution in [2.45, 2.75) is 11.3 Å². The van der Waals surface area contributed by atoms with Crippen molar-refractivity contribution < 1.29 is 17.5 Å². The highest BCUT2D eigenvalue weighted by molar-refractivity contribution is 7.89. The molecule has 0 radical (unpaired) electrons. The molecule has 0 saturated carbocycles. The number of ether oxygens (including phenoxy) is 1. The summed E-state index contributed by atoms with van der Waals surface area (Å²) in [5.41, 5.74) is 2.77. The SMILES string of the molecule is NS(=O)(=O)c1ccc(C2=C(c3ccccc3F)Cc3ccccc3O2)cc1. The van der Waals surface area contributed by atoms with Crippen LogP contribution in [0, 0.1) is 5.82 Å². The van der Waals surface area contributed by atoms with Crippen LogP contribution in [0.1, 0.15) is 16.7 Å². The zero-order valence-electron chi connectivity index (χ0n) is 14.2. The first-order valence-electron chi connectivity index (χ1n) is 8.30. The van der Waals surface area contributed by atoms with Crippen molar-refractivity contribution in [1.29, 1.82) is 0 Å². The van der Waals surface area contributed by atoms with Crippen LogP contribution in [-0.2, 0) is 16.4 Å². The van der Waals surface area contributed by atoms with E-state index in [2.05, 4.69) is 0 Å². The zero-order valence-corrected chi connectivity index (χ0v) is 15.0. The number of hydrogen-bond acceptors (Lipinski definition) is 3. The van der Waals surface area contributed by atoms with Crippen molar-refractivity contribution in [3.63, 3.8) is 0 Å². The van der Waals surface area contributed by atoms with E-state index in [1.807, 2.05) is 24.3 Å². The van der Waals surface area contributed by atoms with Crippen LogP contribution in [0.2, 0.25) is 0 Å². The van der Waals surface area contributed by atoms with Crippen LogP contribution in [0.15, 0.2) is 77.7 Å². The molecule has 0 fully saturated rings. The Hall–Kier alpha value is -2.96. The van der Waals surface area contributed by atoms with Gasteiger partial charge in [-0.05, 0) is 42.0 Å². The summed E-state index contributed by atoms with van der Waals surface area (Å²) in [6, 6.07) is 20.2. The van der Waals surface area contributed by atoms with E-state index >= 15 is 0 Å². The van der Waals surface area contributed by atoms with Crippen LogP contribution in [0.3, 0.4) is 0 Å². The third-order valence-corrected chi connectivity index (χ3v) is 5.40. The lowest BCUT2D eigenvalue weighted by Gasteiger charge is -2.24. The maximum atomic E-state index is 14.5. The number of rotatable bonds is 3. The second-order valence-electron chi connectivity index (χ2n) is 6.24. The van der Waals surface area contributed by atoms with Gasteiger partial charge in [0, 0.05) is 23.1 Å². The van der Waals surface area contributed by atoms with Gasteiger partial charge >= 0.3 is 0 Å². The smallest absolute Gasteiger partial charge is 0.238 e. The van der Waals surface area contributed by atoms with Gasteiger partial charge in [-0.3, -0.25) is 0 Å². The lowest BCUT2D eigenvalue weighted by molar-refractivity contribution is 0.501. The fourth-order valence-corrected chi connectivity index (χ4v) is 3.66. The Morgan fingerprint density at radius 2 is 1.56 bits per heavy atom. The number of allylic oxidation sites excluding steroid dienone is 1. The molecule has 1 aliphatic rings. The molecule has 1 heterocycles. The first-order chi connectivity index (χ1) is 12.9. The molecule has 4 rings (SSSR count). The number of nitrogens with two attached hydrogens (primary N) is 1. The summed E-state index contributed by atoms with van der Waals surface area (Å²) in [7, 11) is -3.79. The van der Waals surface area contributed by atoms with E-state index in [4.69, 9.17) is 9.88 Å². The Bertz CT molecular complexity index is 1150. The predicted octanol–water partition coefficient (Wildman–Crippen LogP) is 3.98. The van der Waals surface area contributed by atoms with Gasteiger partial charge in [-0.15, -0.1) is 0 Å². The molecular weight excluding hydrogens is 365 g/mol. The largest absolute Gasteiger partial charge is 0.456 e. The second-order valence-corrected chi connectivity index (χ2v) is 7.80. The molecule has 1 aliphatic heterocycles. The van der Waals surface area contributed by atoms with Gasteiger partial charge in [0.2, 0.25) is 10.0 Å². The monoisotopic (exact) mass is 381 g/mol. The fourth-order valence-electron chi connectivity index (χ4n) is 3.14. The van der Waals surface area contributed by atoms with Crippen molar-refractivity contribution in [2.24, 2.45) is 5.14 Å². The first kappa shape index (κ1) is 17.5. The standard InChI is InChI=1S/C21H16FNO3S/c22-19-7-3-2-6-17(19)18-13-15-5-1-4-8-20(15)26-21(18)14-9-11-16(12-10-14)27(23,24)25/h1-12H,13H2,(H2,23,24,25). The Morgan fingerprint density at radius 3 is 2.26 bits per heavy atom. The average molecular weight is 381 g/mol. The number of benzene rings is 3. The van der Waals surface area contributed by atoms with E-state index in [9.17, 15) is 12.8 Å². The van der Waals surface area contributed by atoms with Gasteiger partial charge in [0.1, 0.15) is 17.3 Å². The summed E-state index contributed by atoms with van der Waals surface area (Å²) < 4.78 is 43.6. The molecule has 0 bridgehead atoms. The summed E-state index contributed by atoms with van der Waals surface area (Å²) in [5.74, 6) is 0.858. The molecular formula is C21H16FNO3S. The van der Waals surface area contributed by atoms with Crippen LogP contribution in [-0.4, -0.2) is 8.42 Å². The van der Waals surface area contributed by atoms with Gasteiger partial charge < -0.3 is 4.74 Å². The highest BCUT2D eigenvalue weighted by atomic mass is 32.2. The fraction of sp³-hybridized carbons (Fsp3) is 0.0476. The highest BCUT2D eigenvalue weighted by Crippen LogP contribution is 2.39. The maximum Gasteiger partial charge on any atom is 0.238 e. The van der Waals surface area contributed by atoms with E-state index in [1.165, 1.54) is 18.2 Å². The molecule has 0 aromatic heterocycles. The molecule has 0 unspecified atom stereocenters. The van der Waals surface area contributed by atoms with Crippen molar-refractivity contribution in [2.75, 3.05) is 0 Å². The molecule has 136 valence electrons. The van der Waals surface area contributed by atoms with Crippen molar-refractivity contribution in [3.8, 4) is 5.75 Å². The number of sulfonamides is 1. The van der Waals surface area contributed by atoms with E-state index in [1.54, 1.807) is 30.3 Å². The average Bonchev–Trinajstić information content (AvgIpc) is 2.67. The van der Waals surface area contributed by atoms with Gasteiger partial charge in [0.05, 0.1) is 4.90 Å². The summed E-state index contributed by atoms with van der Waals surface area (Å²) >= 11 is 0. The molecule has 0 saturated heterocycles. The van der Waals surface area contributed by atoms with E-state index in [0.717, 1.165) is 5.56 Å². The Kier molecular flexibility index (Phi) is 4.30. The quantitative estimate of drug-likeness (QED) is 0.746. The van der Waals surface area contributed by atoms with Gasteiger partial charge in [-0.2, -0.15) is 0 Å². The predicted molar refractivity (Wildman–Crippen MR) is 102 cm³/mol. The van der Waals surface area contributed by atoms with Crippen molar-refractivity contribution in [3.05, 3.63) is 95.3 Å². The highest BCUT2D eigenvalue weighted by Gasteiger charge is 2.24. The summed E-state index contributed by atoms with van der Waals surface area (Å²) in [6.07, 6.45) is 0.503. The van der Waals surface area contributed by atoms with E-state index in [0.29, 0.717) is 34.6 Å².